The van der Waals surface area contributed by atoms with Crippen LogP contribution in [-0.2, 0) is 0 Å². The minimum absolute atomic E-state index is 0.400. The predicted molar refractivity (Wildman–Crippen MR) is 67.5 cm³/mol. The summed E-state index contributed by atoms with van der Waals surface area (Å²) in [6, 6.07) is 8.63. The maximum Gasteiger partial charge on any atom is 0.0781 e. The van der Waals surface area contributed by atoms with Gasteiger partial charge in [-0.1, -0.05) is 25.1 Å². The van der Waals surface area contributed by atoms with Gasteiger partial charge in [-0.3, -0.25) is 0 Å². The van der Waals surface area contributed by atoms with Crippen LogP contribution < -0.4 is 5.32 Å². The number of benzene rings is 1. The number of aliphatic hydroxyl groups is 1. The standard InChI is InChI=1S/C14H21NO/c1-10-7-8-12(9-10)15-14-6-4-3-5-13(14)11(2)16/h3-6,10-12,15-16H,7-9H2,1-2H3. The maximum atomic E-state index is 9.69. The van der Waals surface area contributed by atoms with Crippen molar-refractivity contribution in [2.75, 3.05) is 5.32 Å². The van der Waals surface area contributed by atoms with Gasteiger partial charge in [-0.2, -0.15) is 0 Å². The van der Waals surface area contributed by atoms with Crippen molar-refractivity contribution in [2.45, 2.75) is 45.3 Å². The molecule has 0 aromatic heterocycles. The van der Waals surface area contributed by atoms with Crippen LogP contribution in [0, 0.1) is 5.92 Å². The first-order chi connectivity index (χ1) is 7.66. The molecule has 16 heavy (non-hydrogen) atoms. The molecule has 2 rings (SSSR count). The molecule has 2 heteroatoms. The Balaban J connectivity index is 2.09. The second-order valence-electron chi connectivity index (χ2n) is 5.02. The molecule has 2 N–H and O–H groups in total. The molecule has 1 saturated carbocycles. The number of para-hydroxylation sites is 1. The molecule has 1 aromatic rings. The molecule has 1 aliphatic carbocycles. The van der Waals surface area contributed by atoms with Gasteiger partial charge in [-0.15, -0.1) is 0 Å². The highest BCUT2D eigenvalue weighted by atomic mass is 16.3. The Morgan fingerprint density at radius 2 is 2.06 bits per heavy atom. The van der Waals surface area contributed by atoms with E-state index in [4.69, 9.17) is 0 Å². The van der Waals surface area contributed by atoms with Gasteiger partial charge in [-0.25, -0.2) is 0 Å². The molecule has 0 aliphatic heterocycles. The van der Waals surface area contributed by atoms with Crippen molar-refractivity contribution in [2.24, 2.45) is 5.92 Å². The number of anilines is 1. The lowest BCUT2D eigenvalue weighted by Gasteiger charge is -2.18. The fourth-order valence-electron chi connectivity index (χ4n) is 2.55. The molecule has 3 unspecified atom stereocenters. The van der Waals surface area contributed by atoms with Gasteiger partial charge >= 0.3 is 0 Å². The van der Waals surface area contributed by atoms with Crippen molar-refractivity contribution in [3.63, 3.8) is 0 Å². The molecule has 0 bridgehead atoms. The average molecular weight is 219 g/mol. The minimum Gasteiger partial charge on any atom is -0.389 e. The first kappa shape index (κ1) is 11.5. The van der Waals surface area contributed by atoms with Gasteiger partial charge < -0.3 is 10.4 Å². The van der Waals surface area contributed by atoms with Crippen LogP contribution in [0.25, 0.3) is 0 Å². The Hall–Kier alpha value is -1.02. The minimum atomic E-state index is -0.400. The summed E-state index contributed by atoms with van der Waals surface area (Å²) in [4.78, 5) is 0. The number of nitrogens with one attached hydrogen (secondary N) is 1. The number of hydrogen-bond acceptors (Lipinski definition) is 2. The van der Waals surface area contributed by atoms with Gasteiger partial charge in [-0.05, 0) is 38.2 Å². The quantitative estimate of drug-likeness (QED) is 0.817. The van der Waals surface area contributed by atoms with Crippen LogP contribution in [0.2, 0.25) is 0 Å². The second-order valence-corrected chi connectivity index (χ2v) is 5.02. The summed E-state index contributed by atoms with van der Waals surface area (Å²) < 4.78 is 0. The van der Waals surface area contributed by atoms with E-state index in [1.165, 1.54) is 19.3 Å². The van der Waals surface area contributed by atoms with Gasteiger partial charge in [0.15, 0.2) is 0 Å². The first-order valence-corrected chi connectivity index (χ1v) is 6.20. The molecule has 0 amide bonds. The van der Waals surface area contributed by atoms with E-state index in [1.807, 2.05) is 25.1 Å². The monoisotopic (exact) mass is 219 g/mol. The molecule has 1 aliphatic rings. The van der Waals surface area contributed by atoms with E-state index < -0.39 is 6.10 Å². The molecular formula is C14H21NO. The predicted octanol–water partition coefficient (Wildman–Crippen LogP) is 3.34. The summed E-state index contributed by atoms with van der Waals surface area (Å²) >= 11 is 0. The molecular weight excluding hydrogens is 198 g/mol. The lowest BCUT2D eigenvalue weighted by molar-refractivity contribution is 0.200. The Kier molecular flexibility index (Phi) is 3.49. The van der Waals surface area contributed by atoms with E-state index >= 15 is 0 Å². The summed E-state index contributed by atoms with van der Waals surface area (Å²) in [6.07, 6.45) is 3.40. The zero-order valence-corrected chi connectivity index (χ0v) is 10.1. The van der Waals surface area contributed by atoms with E-state index in [2.05, 4.69) is 18.3 Å². The fourth-order valence-corrected chi connectivity index (χ4v) is 2.55. The molecule has 2 nitrogen and oxygen atoms in total. The third kappa shape index (κ3) is 2.56. The zero-order valence-electron chi connectivity index (χ0n) is 10.1. The lowest BCUT2D eigenvalue weighted by Crippen LogP contribution is -2.16. The summed E-state index contributed by atoms with van der Waals surface area (Å²) in [7, 11) is 0. The van der Waals surface area contributed by atoms with Crippen LogP contribution in [0.5, 0.6) is 0 Å². The Labute approximate surface area is 97.7 Å². The normalized spacial score (nSPS) is 26.7. The molecule has 1 fully saturated rings. The molecule has 1 aromatic carbocycles. The largest absolute Gasteiger partial charge is 0.389 e. The second kappa shape index (κ2) is 4.88. The fraction of sp³-hybridized carbons (Fsp3) is 0.571. The summed E-state index contributed by atoms with van der Waals surface area (Å²) in [5.41, 5.74) is 2.10. The van der Waals surface area contributed by atoms with E-state index in [-0.39, 0.29) is 0 Å². The third-order valence-corrected chi connectivity index (χ3v) is 3.47. The molecule has 3 atom stereocenters. The van der Waals surface area contributed by atoms with Crippen molar-refractivity contribution < 1.29 is 5.11 Å². The van der Waals surface area contributed by atoms with Gasteiger partial charge in [0.25, 0.3) is 0 Å². The Morgan fingerprint density at radius 3 is 2.69 bits per heavy atom. The molecule has 88 valence electrons. The van der Waals surface area contributed by atoms with Crippen molar-refractivity contribution in [1.29, 1.82) is 0 Å². The zero-order chi connectivity index (χ0) is 11.5. The van der Waals surface area contributed by atoms with Crippen molar-refractivity contribution in [3.05, 3.63) is 29.8 Å². The van der Waals surface area contributed by atoms with Crippen molar-refractivity contribution >= 4 is 5.69 Å². The highest BCUT2D eigenvalue weighted by Gasteiger charge is 2.21. The van der Waals surface area contributed by atoms with E-state index in [9.17, 15) is 5.11 Å². The summed E-state index contributed by atoms with van der Waals surface area (Å²) in [6.45, 7) is 4.13. The molecule has 0 radical (unpaired) electrons. The average Bonchev–Trinajstić information content (AvgIpc) is 2.64. The van der Waals surface area contributed by atoms with Crippen molar-refractivity contribution in [1.82, 2.24) is 0 Å². The van der Waals surface area contributed by atoms with E-state index in [0.717, 1.165) is 17.2 Å². The number of aliphatic hydroxyl groups excluding tert-OH is 1. The van der Waals surface area contributed by atoms with Crippen LogP contribution in [-0.4, -0.2) is 11.1 Å². The summed E-state index contributed by atoms with van der Waals surface area (Å²) in [5, 5.41) is 13.3. The van der Waals surface area contributed by atoms with Gasteiger partial charge in [0.05, 0.1) is 6.10 Å². The highest BCUT2D eigenvalue weighted by molar-refractivity contribution is 5.52. The first-order valence-electron chi connectivity index (χ1n) is 6.20. The smallest absolute Gasteiger partial charge is 0.0781 e. The Morgan fingerprint density at radius 1 is 1.31 bits per heavy atom. The number of rotatable bonds is 3. The van der Waals surface area contributed by atoms with Crippen LogP contribution >= 0.6 is 0 Å². The topological polar surface area (TPSA) is 32.3 Å². The SMILES string of the molecule is CC1CCC(Nc2ccccc2C(C)O)C1. The van der Waals surface area contributed by atoms with E-state index in [1.54, 1.807) is 0 Å². The van der Waals surface area contributed by atoms with Crippen LogP contribution in [0.15, 0.2) is 24.3 Å². The molecule has 0 saturated heterocycles. The van der Waals surface area contributed by atoms with Gasteiger partial charge in [0, 0.05) is 17.3 Å². The third-order valence-electron chi connectivity index (χ3n) is 3.47. The highest BCUT2D eigenvalue weighted by Crippen LogP contribution is 2.30. The van der Waals surface area contributed by atoms with Crippen LogP contribution in [0.1, 0.15) is 44.8 Å². The van der Waals surface area contributed by atoms with Crippen LogP contribution in [0.4, 0.5) is 5.69 Å². The number of hydrogen-bond donors (Lipinski definition) is 2. The van der Waals surface area contributed by atoms with E-state index in [0.29, 0.717) is 6.04 Å². The maximum absolute atomic E-state index is 9.69. The summed E-state index contributed by atoms with van der Waals surface area (Å²) in [5.74, 6) is 0.830. The van der Waals surface area contributed by atoms with Crippen molar-refractivity contribution in [3.8, 4) is 0 Å². The van der Waals surface area contributed by atoms with Gasteiger partial charge in [0.2, 0.25) is 0 Å². The Bertz CT molecular complexity index is 348. The van der Waals surface area contributed by atoms with Crippen LogP contribution in [0.3, 0.4) is 0 Å². The molecule has 0 spiro atoms. The molecule has 0 heterocycles. The lowest BCUT2D eigenvalue weighted by atomic mass is 10.1. The van der Waals surface area contributed by atoms with Gasteiger partial charge in [0.1, 0.15) is 0 Å².